The van der Waals surface area contributed by atoms with E-state index in [1.165, 1.54) is 18.2 Å². The Bertz CT molecular complexity index is 921. The number of carbonyl (C=O) groups excluding carboxylic acids is 3. The van der Waals surface area contributed by atoms with Gasteiger partial charge in [0.05, 0.1) is 18.2 Å². The Morgan fingerprint density at radius 3 is 2.64 bits per heavy atom. The molecule has 2 N–H and O–H groups in total. The van der Waals surface area contributed by atoms with Crippen LogP contribution < -0.4 is 15.4 Å². The highest BCUT2D eigenvalue weighted by atomic mass is 79.9. The fourth-order valence-electron chi connectivity index (χ4n) is 2.43. The minimum absolute atomic E-state index is 0.250. The van der Waals surface area contributed by atoms with Gasteiger partial charge in [-0.2, -0.15) is 0 Å². The van der Waals surface area contributed by atoms with Gasteiger partial charge in [-0.05, 0) is 42.5 Å². The Morgan fingerprint density at radius 2 is 1.88 bits per heavy atom. The van der Waals surface area contributed by atoms with Crippen LogP contribution in [0.4, 0.5) is 5.69 Å². The lowest BCUT2D eigenvalue weighted by Crippen LogP contribution is -2.19. The molecule has 0 spiro atoms. The van der Waals surface area contributed by atoms with Gasteiger partial charge in [-0.25, -0.2) is 0 Å². The van der Waals surface area contributed by atoms with Crippen LogP contribution in [0.25, 0.3) is 6.08 Å². The maximum atomic E-state index is 12.1. The summed E-state index contributed by atoms with van der Waals surface area (Å²) in [4.78, 5) is 35.3. The van der Waals surface area contributed by atoms with Gasteiger partial charge in [0.15, 0.2) is 0 Å². The van der Waals surface area contributed by atoms with Gasteiger partial charge in [0.1, 0.15) is 5.75 Å². The van der Waals surface area contributed by atoms with E-state index in [1.807, 2.05) is 12.1 Å². The van der Waals surface area contributed by atoms with Crippen molar-refractivity contribution < 1.29 is 19.1 Å². The van der Waals surface area contributed by atoms with E-state index in [4.69, 9.17) is 4.74 Å². The second-order valence-corrected chi connectivity index (χ2v) is 6.17. The Hall–Kier alpha value is -2.93. The minimum atomic E-state index is -0.467. The molecule has 0 bridgehead atoms. The number of methoxy groups -OCH3 is 1. The van der Waals surface area contributed by atoms with Crippen LogP contribution in [-0.2, 0) is 4.79 Å². The van der Waals surface area contributed by atoms with Gasteiger partial charge in [0.2, 0.25) is 5.91 Å². The maximum Gasteiger partial charge on any atom is 0.259 e. The first kappa shape index (κ1) is 16.9. The molecule has 1 heterocycles. The number of benzene rings is 2. The van der Waals surface area contributed by atoms with Crippen LogP contribution in [0.5, 0.6) is 5.75 Å². The Labute approximate surface area is 152 Å². The smallest absolute Gasteiger partial charge is 0.259 e. The summed E-state index contributed by atoms with van der Waals surface area (Å²) in [6, 6.07) is 10.0. The number of hydrogen-bond donors (Lipinski definition) is 2. The molecule has 2 aromatic carbocycles. The molecule has 0 atom stereocenters. The highest BCUT2D eigenvalue weighted by Gasteiger charge is 2.26. The number of carbonyl (C=O) groups is 3. The van der Waals surface area contributed by atoms with E-state index in [2.05, 4.69) is 26.6 Å². The zero-order chi connectivity index (χ0) is 18.0. The summed E-state index contributed by atoms with van der Waals surface area (Å²) in [5.41, 5.74) is 1.73. The van der Waals surface area contributed by atoms with Gasteiger partial charge in [0.25, 0.3) is 11.8 Å². The molecule has 126 valence electrons. The zero-order valence-electron chi connectivity index (χ0n) is 13.1. The third-order valence-corrected chi connectivity index (χ3v) is 4.10. The summed E-state index contributed by atoms with van der Waals surface area (Å²) in [6.07, 6.45) is 2.99. The molecule has 0 fully saturated rings. The molecule has 3 rings (SSSR count). The molecule has 2 aromatic rings. The van der Waals surface area contributed by atoms with Crippen molar-refractivity contribution in [2.24, 2.45) is 0 Å². The molecule has 0 saturated carbocycles. The van der Waals surface area contributed by atoms with Crippen LogP contribution in [0.1, 0.15) is 26.3 Å². The first-order valence-corrected chi connectivity index (χ1v) is 8.09. The fraction of sp³-hybridized carbons (Fsp3) is 0.0556. The van der Waals surface area contributed by atoms with Gasteiger partial charge in [0, 0.05) is 21.8 Å². The summed E-state index contributed by atoms with van der Waals surface area (Å²) < 4.78 is 6.11. The van der Waals surface area contributed by atoms with Crippen LogP contribution in [0.3, 0.4) is 0 Å². The Balaban J connectivity index is 1.76. The second kappa shape index (κ2) is 6.90. The number of amides is 3. The van der Waals surface area contributed by atoms with Crippen molar-refractivity contribution in [3.05, 3.63) is 63.6 Å². The van der Waals surface area contributed by atoms with Crippen molar-refractivity contribution in [1.82, 2.24) is 5.32 Å². The molecule has 0 radical (unpaired) electrons. The molecular formula is C18H13BrN2O4. The van der Waals surface area contributed by atoms with Crippen molar-refractivity contribution in [3.8, 4) is 5.75 Å². The number of halogens is 1. The normalized spacial score (nSPS) is 12.9. The molecular weight excluding hydrogens is 388 g/mol. The SMILES string of the molecule is COc1ccc(Br)cc1C=CC(=O)Nc1ccc2c(c1)C(=O)NC2=O. The third-order valence-electron chi connectivity index (χ3n) is 3.61. The lowest BCUT2D eigenvalue weighted by Gasteiger charge is -2.06. The first-order chi connectivity index (χ1) is 12.0. The van der Waals surface area contributed by atoms with Crippen molar-refractivity contribution in [3.63, 3.8) is 0 Å². The number of fused-ring (bicyclic) bond motifs is 1. The monoisotopic (exact) mass is 400 g/mol. The van der Waals surface area contributed by atoms with Crippen molar-refractivity contribution >= 4 is 45.4 Å². The number of hydrogen-bond acceptors (Lipinski definition) is 4. The van der Waals surface area contributed by atoms with Crippen molar-refractivity contribution in [1.29, 1.82) is 0 Å². The van der Waals surface area contributed by atoms with E-state index < -0.39 is 11.8 Å². The second-order valence-electron chi connectivity index (χ2n) is 5.25. The summed E-state index contributed by atoms with van der Waals surface area (Å²) in [5, 5.41) is 4.86. The van der Waals surface area contributed by atoms with E-state index in [1.54, 1.807) is 25.3 Å². The molecule has 0 unspecified atom stereocenters. The average molecular weight is 401 g/mol. The predicted octanol–water partition coefficient (Wildman–Crippen LogP) is 2.99. The van der Waals surface area contributed by atoms with Crippen LogP contribution in [0.15, 0.2) is 46.9 Å². The van der Waals surface area contributed by atoms with Gasteiger partial charge < -0.3 is 10.1 Å². The molecule has 6 nitrogen and oxygen atoms in total. The number of imide groups is 1. The quantitative estimate of drug-likeness (QED) is 0.610. The van der Waals surface area contributed by atoms with Gasteiger partial charge in [-0.1, -0.05) is 15.9 Å². The molecule has 1 aliphatic rings. The number of ether oxygens (including phenoxy) is 1. The average Bonchev–Trinajstić information content (AvgIpc) is 2.87. The highest BCUT2D eigenvalue weighted by Crippen LogP contribution is 2.24. The fourth-order valence-corrected chi connectivity index (χ4v) is 2.81. The zero-order valence-corrected chi connectivity index (χ0v) is 14.7. The Morgan fingerprint density at radius 1 is 1.12 bits per heavy atom. The van der Waals surface area contributed by atoms with Gasteiger partial charge in [-0.3, -0.25) is 19.7 Å². The molecule has 0 aromatic heterocycles. The summed E-state index contributed by atoms with van der Waals surface area (Å²) in [5.74, 6) is -0.628. The summed E-state index contributed by atoms with van der Waals surface area (Å²) in [6.45, 7) is 0. The lowest BCUT2D eigenvalue weighted by atomic mass is 10.1. The molecule has 3 amide bonds. The van der Waals surface area contributed by atoms with Crippen LogP contribution in [0, 0.1) is 0 Å². The van der Waals surface area contributed by atoms with E-state index in [9.17, 15) is 14.4 Å². The van der Waals surface area contributed by atoms with Gasteiger partial charge in [-0.15, -0.1) is 0 Å². The van der Waals surface area contributed by atoms with E-state index in [0.717, 1.165) is 10.0 Å². The highest BCUT2D eigenvalue weighted by molar-refractivity contribution is 9.10. The number of anilines is 1. The Kier molecular flexibility index (Phi) is 4.67. The van der Waals surface area contributed by atoms with Crippen LogP contribution in [-0.4, -0.2) is 24.8 Å². The van der Waals surface area contributed by atoms with E-state index in [-0.39, 0.29) is 11.5 Å². The molecule has 25 heavy (non-hydrogen) atoms. The van der Waals surface area contributed by atoms with Crippen molar-refractivity contribution in [2.45, 2.75) is 0 Å². The molecule has 1 aliphatic heterocycles. The minimum Gasteiger partial charge on any atom is -0.496 e. The standard InChI is InChI=1S/C18H13BrN2O4/c1-25-15-6-3-11(19)8-10(15)2-7-16(22)20-12-4-5-13-14(9-12)18(24)21-17(13)23/h2-9H,1H3,(H,20,22)(H,21,23,24). The predicted molar refractivity (Wildman–Crippen MR) is 96.6 cm³/mol. The summed E-state index contributed by atoms with van der Waals surface area (Å²) >= 11 is 3.37. The van der Waals surface area contributed by atoms with E-state index >= 15 is 0 Å². The molecule has 7 heteroatoms. The number of rotatable bonds is 4. The topological polar surface area (TPSA) is 84.5 Å². The summed E-state index contributed by atoms with van der Waals surface area (Å²) in [7, 11) is 1.55. The van der Waals surface area contributed by atoms with Crippen molar-refractivity contribution in [2.75, 3.05) is 12.4 Å². The third kappa shape index (κ3) is 3.61. The maximum absolute atomic E-state index is 12.1. The molecule has 0 saturated heterocycles. The van der Waals surface area contributed by atoms with Crippen LogP contribution in [0.2, 0.25) is 0 Å². The molecule has 0 aliphatic carbocycles. The van der Waals surface area contributed by atoms with Crippen LogP contribution >= 0.6 is 15.9 Å². The lowest BCUT2D eigenvalue weighted by molar-refractivity contribution is -0.111. The first-order valence-electron chi connectivity index (χ1n) is 7.30. The van der Waals surface area contributed by atoms with E-state index in [0.29, 0.717) is 17.0 Å². The largest absolute Gasteiger partial charge is 0.496 e. The van der Waals surface area contributed by atoms with Gasteiger partial charge >= 0.3 is 0 Å². The number of nitrogens with one attached hydrogen (secondary N) is 2.